The number of anilines is 1. The van der Waals surface area contributed by atoms with Crippen molar-refractivity contribution in [1.82, 2.24) is 5.32 Å². The predicted molar refractivity (Wildman–Crippen MR) is 124 cm³/mol. The first-order chi connectivity index (χ1) is 14.7. The largest absolute Gasteiger partial charge is 0.494 e. The molecule has 3 rings (SSSR count). The highest BCUT2D eigenvalue weighted by Crippen LogP contribution is 2.27. The fourth-order valence-corrected chi connectivity index (χ4v) is 5.38. The molecule has 0 unspecified atom stereocenters. The van der Waals surface area contributed by atoms with Crippen molar-refractivity contribution in [2.45, 2.75) is 58.5 Å². The number of carbonyl (C=O) groups excluding carboxylic acids is 1. The number of hydrogen-bond acceptors (Lipinski definition) is 4. The Balaban J connectivity index is 1.81. The molecule has 0 saturated carbocycles. The quantitative estimate of drug-likeness (QED) is 0.634. The fraction of sp³-hybridized carbons (Fsp3) is 0.458. The third-order valence-electron chi connectivity index (χ3n) is 5.71. The van der Waals surface area contributed by atoms with E-state index in [1.54, 1.807) is 24.3 Å². The normalized spacial score (nSPS) is 15.1. The Labute approximate surface area is 185 Å². The van der Waals surface area contributed by atoms with Crippen LogP contribution >= 0.6 is 0 Å². The number of fused-ring (bicyclic) bond motifs is 1. The fourth-order valence-electron chi connectivity index (χ4n) is 4.17. The third kappa shape index (κ3) is 5.39. The number of aryl methyl sites for hydroxylation is 2. The molecule has 1 N–H and O–H groups in total. The number of nitrogens with zero attached hydrogens (tertiary/aromatic N) is 1. The van der Waals surface area contributed by atoms with Gasteiger partial charge in [0.15, 0.2) is 0 Å². The molecule has 0 aliphatic heterocycles. The smallest absolute Gasteiger partial charge is 0.244 e. The zero-order chi connectivity index (χ0) is 22.6. The summed E-state index contributed by atoms with van der Waals surface area (Å²) < 4.78 is 31.9. The van der Waals surface area contributed by atoms with Gasteiger partial charge in [-0.15, -0.1) is 0 Å². The van der Waals surface area contributed by atoms with Gasteiger partial charge in [0, 0.05) is 0 Å². The first kappa shape index (κ1) is 23.1. The molecule has 2 aromatic carbocycles. The van der Waals surface area contributed by atoms with E-state index in [2.05, 4.69) is 23.5 Å². The van der Waals surface area contributed by atoms with Gasteiger partial charge in [0.1, 0.15) is 11.8 Å². The zero-order valence-electron chi connectivity index (χ0n) is 18.7. The Bertz CT molecular complexity index is 1020. The SMILES string of the molecule is CCOc1ccc(N([C@H](CC)C(=O)N[C@@H](C)c2ccc3c(c2)CCC3)S(C)(=O)=O)cc1. The molecule has 6 nitrogen and oxygen atoms in total. The first-order valence-corrected chi connectivity index (χ1v) is 12.7. The predicted octanol–water partition coefficient (Wildman–Crippen LogP) is 4.00. The van der Waals surface area contributed by atoms with Crippen LogP contribution in [0.2, 0.25) is 0 Å². The van der Waals surface area contributed by atoms with E-state index in [-0.39, 0.29) is 11.9 Å². The second-order valence-electron chi connectivity index (χ2n) is 8.02. The first-order valence-electron chi connectivity index (χ1n) is 10.9. The summed E-state index contributed by atoms with van der Waals surface area (Å²) in [6.45, 7) is 6.16. The highest BCUT2D eigenvalue weighted by atomic mass is 32.2. The van der Waals surface area contributed by atoms with E-state index in [0.717, 1.165) is 24.7 Å². The molecular formula is C24H32N2O4S. The summed E-state index contributed by atoms with van der Waals surface area (Å²) in [7, 11) is -3.68. The van der Waals surface area contributed by atoms with Gasteiger partial charge in [-0.3, -0.25) is 9.10 Å². The number of amides is 1. The topological polar surface area (TPSA) is 75.7 Å². The molecule has 2 aromatic rings. The van der Waals surface area contributed by atoms with Crippen LogP contribution in [0.3, 0.4) is 0 Å². The highest BCUT2D eigenvalue weighted by Gasteiger charge is 2.32. The van der Waals surface area contributed by atoms with Gasteiger partial charge < -0.3 is 10.1 Å². The van der Waals surface area contributed by atoms with Crippen molar-refractivity contribution in [2.75, 3.05) is 17.2 Å². The van der Waals surface area contributed by atoms with E-state index in [1.165, 1.54) is 21.9 Å². The summed E-state index contributed by atoms with van der Waals surface area (Å²) >= 11 is 0. The molecule has 0 heterocycles. The minimum atomic E-state index is -3.68. The van der Waals surface area contributed by atoms with Crippen molar-refractivity contribution >= 4 is 21.6 Å². The second-order valence-corrected chi connectivity index (χ2v) is 9.88. The Kier molecular flexibility index (Phi) is 7.26. The number of hydrogen-bond donors (Lipinski definition) is 1. The molecule has 0 fully saturated rings. The van der Waals surface area contributed by atoms with Crippen LogP contribution in [0.25, 0.3) is 0 Å². The van der Waals surface area contributed by atoms with Crippen LogP contribution in [0.15, 0.2) is 42.5 Å². The maximum atomic E-state index is 13.2. The Hall–Kier alpha value is -2.54. The van der Waals surface area contributed by atoms with E-state index in [1.807, 2.05) is 20.8 Å². The van der Waals surface area contributed by atoms with Crippen molar-refractivity contribution in [3.63, 3.8) is 0 Å². The molecule has 0 radical (unpaired) electrons. The van der Waals surface area contributed by atoms with Gasteiger partial charge in [-0.2, -0.15) is 0 Å². The summed E-state index contributed by atoms with van der Waals surface area (Å²) in [5, 5.41) is 3.02. The lowest BCUT2D eigenvalue weighted by Gasteiger charge is -2.31. The molecule has 7 heteroatoms. The summed E-state index contributed by atoms with van der Waals surface area (Å²) in [5.41, 5.74) is 4.21. The van der Waals surface area contributed by atoms with E-state index in [0.29, 0.717) is 24.5 Å². The van der Waals surface area contributed by atoms with Crippen molar-refractivity contribution < 1.29 is 17.9 Å². The van der Waals surface area contributed by atoms with Crippen LogP contribution in [0.5, 0.6) is 5.75 Å². The monoisotopic (exact) mass is 444 g/mol. The maximum absolute atomic E-state index is 13.2. The molecule has 0 aromatic heterocycles. The molecule has 1 aliphatic carbocycles. The van der Waals surface area contributed by atoms with Crippen LogP contribution in [-0.2, 0) is 27.7 Å². The minimum Gasteiger partial charge on any atom is -0.494 e. The molecule has 1 aliphatic rings. The van der Waals surface area contributed by atoms with Crippen LogP contribution in [0, 0.1) is 0 Å². The lowest BCUT2D eigenvalue weighted by molar-refractivity contribution is -0.122. The van der Waals surface area contributed by atoms with Gasteiger partial charge in [-0.25, -0.2) is 8.42 Å². The average Bonchev–Trinajstić information content (AvgIpc) is 3.19. The average molecular weight is 445 g/mol. The molecule has 1 amide bonds. The number of benzene rings is 2. The molecule has 0 saturated heterocycles. The molecule has 31 heavy (non-hydrogen) atoms. The van der Waals surface area contributed by atoms with Crippen molar-refractivity contribution in [3.8, 4) is 5.75 Å². The second kappa shape index (κ2) is 9.73. The lowest BCUT2D eigenvalue weighted by Crippen LogP contribution is -2.49. The molecule has 2 atom stereocenters. The van der Waals surface area contributed by atoms with Crippen LogP contribution in [0.1, 0.15) is 56.3 Å². The summed E-state index contributed by atoms with van der Waals surface area (Å²) in [6.07, 6.45) is 4.83. The Morgan fingerprint density at radius 2 is 1.77 bits per heavy atom. The van der Waals surface area contributed by atoms with Crippen molar-refractivity contribution in [2.24, 2.45) is 0 Å². The summed E-state index contributed by atoms with van der Waals surface area (Å²) in [5.74, 6) is 0.345. The molecular weight excluding hydrogens is 412 g/mol. The van der Waals surface area contributed by atoms with E-state index >= 15 is 0 Å². The molecule has 168 valence electrons. The summed E-state index contributed by atoms with van der Waals surface area (Å²) in [6, 6.07) is 12.1. The van der Waals surface area contributed by atoms with Crippen LogP contribution in [0.4, 0.5) is 5.69 Å². The van der Waals surface area contributed by atoms with Gasteiger partial charge >= 0.3 is 0 Å². The van der Waals surface area contributed by atoms with E-state index in [4.69, 9.17) is 4.74 Å². The van der Waals surface area contributed by atoms with Crippen molar-refractivity contribution in [3.05, 3.63) is 59.2 Å². The van der Waals surface area contributed by atoms with E-state index < -0.39 is 16.1 Å². The number of rotatable bonds is 9. The third-order valence-corrected chi connectivity index (χ3v) is 6.89. The van der Waals surface area contributed by atoms with E-state index in [9.17, 15) is 13.2 Å². The molecule has 0 bridgehead atoms. The Morgan fingerprint density at radius 3 is 2.39 bits per heavy atom. The lowest BCUT2D eigenvalue weighted by atomic mass is 10.0. The summed E-state index contributed by atoms with van der Waals surface area (Å²) in [4.78, 5) is 13.2. The van der Waals surface area contributed by atoms with Gasteiger partial charge in [0.25, 0.3) is 0 Å². The van der Waals surface area contributed by atoms with Gasteiger partial charge in [-0.05, 0) is 80.5 Å². The van der Waals surface area contributed by atoms with Crippen LogP contribution < -0.4 is 14.4 Å². The van der Waals surface area contributed by atoms with Gasteiger partial charge in [0.05, 0.1) is 24.6 Å². The Morgan fingerprint density at radius 1 is 1.10 bits per heavy atom. The van der Waals surface area contributed by atoms with Gasteiger partial charge in [0.2, 0.25) is 15.9 Å². The maximum Gasteiger partial charge on any atom is 0.244 e. The minimum absolute atomic E-state index is 0.214. The van der Waals surface area contributed by atoms with Crippen LogP contribution in [-0.4, -0.2) is 33.2 Å². The number of sulfonamides is 1. The van der Waals surface area contributed by atoms with Crippen molar-refractivity contribution in [1.29, 1.82) is 0 Å². The number of nitrogens with one attached hydrogen (secondary N) is 1. The van der Waals surface area contributed by atoms with Gasteiger partial charge in [-0.1, -0.05) is 25.1 Å². The highest BCUT2D eigenvalue weighted by molar-refractivity contribution is 7.92. The number of ether oxygens (including phenoxy) is 1. The number of carbonyl (C=O) groups is 1. The zero-order valence-corrected chi connectivity index (χ0v) is 19.5. The molecule has 0 spiro atoms. The standard InChI is InChI=1S/C24H32N2O4S/c1-5-23(26(31(4,28)29)21-12-14-22(15-13-21)30-6-2)24(27)25-17(3)19-11-10-18-8-7-9-20(18)16-19/h10-17,23H,5-9H2,1-4H3,(H,25,27)/t17-,23+/m0/s1.